The Bertz CT molecular complexity index is 751. The van der Waals surface area contributed by atoms with Crippen LogP contribution in [0.5, 0.6) is 0 Å². The number of ketones is 1. The number of hydrogen-bond donors (Lipinski definition) is 0. The molecule has 0 aliphatic carbocycles. The lowest BCUT2D eigenvalue weighted by Gasteiger charge is -1.98. The van der Waals surface area contributed by atoms with E-state index in [1.807, 2.05) is 48.7 Å². The maximum Gasteiger partial charge on any atom is 0.277 e. The molecule has 3 rings (SSSR count). The SMILES string of the molecule is Cc1ccccc1-c1nnc(SCC(=O)c2cccs2)o1. The number of aromatic nitrogens is 2. The Labute approximate surface area is 130 Å². The van der Waals surface area contributed by atoms with Gasteiger partial charge in [-0.2, -0.15) is 0 Å². The van der Waals surface area contributed by atoms with Gasteiger partial charge >= 0.3 is 0 Å². The topological polar surface area (TPSA) is 56.0 Å². The maximum atomic E-state index is 11.9. The van der Waals surface area contributed by atoms with Gasteiger partial charge in [0, 0.05) is 5.56 Å². The first-order valence-corrected chi connectivity index (χ1v) is 8.19. The third-order valence-electron chi connectivity index (χ3n) is 2.90. The van der Waals surface area contributed by atoms with Crippen molar-refractivity contribution in [2.45, 2.75) is 12.1 Å². The van der Waals surface area contributed by atoms with E-state index in [2.05, 4.69) is 10.2 Å². The number of Topliss-reactive ketones (excluding diaryl/α,β-unsaturated/α-hetero) is 1. The van der Waals surface area contributed by atoms with E-state index in [0.717, 1.165) is 16.0 Å². The Morgan fingerprint density at radius 2 is 2.10 bits per heavy atom. The van der Waals surface area contributed by atoms with Gasteiger partial charge in [-0.25, -0.2) is 0 Å². The van der Waals surface area contributed by atoms with Gasteiger partial charge in [0.25, 0.3) is 5.22 Å². The van der Waals surface area contributed by atoms with Gasteiger partial charge in [0.1, 0.15) is 0 Å². The Kier molecular flexibility index (Phi) is 4.17. The van der Waals surface area contributed by atoms with Crippen LogP contribution in [0, 0.1) is 6.92 Å². The molecule has 0 saturated heterocycles. The number of carbonyl (C=O) groups is 1. The minimum absolute atomic E-state index is 0.0747. The third kappa shape index (κ3) is 3.22. The van der Waals surface area contributed by atoms with Crippen molar-refractivity contribution in [2.75, 3.05) is 5.75 Å². The zero-order valence-electron chi connectivity index (χ0n) is 11.3. The fourth-order valence-corrected chi connectivity index (χ4v) is 3.23. The Morgan fingerprint density at radius 1 is 1.24 bits per heavy atom. The number of hydrogen-bond acceptors (Lipinski definition) is 6. The second-order valence-corrected chi connectivity index (χ2v) is 6.25. The number of carbonyl (C=O) groups excluding carboxylic acids is 1. The normalized spacial score (nSPS) is 10.7. The highest BCUT2D eigenvalue weighted by Gasteiger charge is 2.13. The van der Waals surface area contributed by atoms with E-state index >= 15 is 0 Å². The first kappa shape index (κ1) is 14.0. The molecule has 0 bridgehead atoms. The molecule has 0 N–H and O–H groups in total. The number of aryl methyl sites for hydroxylation is 1. The Balaban J connectivity index is 1.69. The van der Waals surface area contributed by atoms with E-state index in [-0.39, 0.29) is 5.78 Å². The lowest BCUT2D eigenvalue weighted by molar-refractivity contribution is 0.102. The average Bonchev–Trinajstić information content (AvgIpc) is 3.17. The zero-order chi connectivity index (χ0) is 14.7. The molecular formula is C15H12N2O2S2. The van der Waals surface area contributed by atoms with E-state index in [9.17, 15) is 4.79 Å². The van der Waals surface area contributed by atoms with Crippen molar-refractivity contribution in [1.29, 1.82) is 0 Å². The molecule has 0 saturated carbocycles. The van der Waals surface area contributed by atoms with Gasteiger partial charge in [0.05, 0.1) is 10.6 Å². The van der Waals surface area contributed by atoms with Gasteiger partial charge < -0.3 is 4.42 Å². The van der Waals surface area contributed by atoms with Crippen molar-refractivity contribution in [3.63, 3.8) is 0 Å². The predicted molar refractivity (Wildman–Crippen MR) is 83.8 cm³/mol. The van der Waals surface area contributed by atoms with Crippen LogP contribution in [0.1, 0.15) is 15.2 Å². The van der Waals surface area contributed by atoms with Crippen LogP contribution in [0.25, 0.3) is 11.5 Å². The summed E-state index contributed by atoms with van der Waals surface area (Å²) in [7, 11) is 0. The molecule has 0 amide bonds. The Morgan fingerprint density at radius 3 is 2.86 bits per heavy atom. The summed E-state index contributed by atoms with van der Waals surface area (Å²) < 4.78 is 5.61. The molecule has 0 aliphatic heterocycles. The highest BCUT2D eigenvalue weighted by Crippen LogP contribution is 2.26. The second-order valence-electron chi connectivity index (χ2n) is 4.38. The van der Waals surface area contributed by atoms with Gasteiger partial charge in [0.15, 0.2) is 5.78 Å². The van der Waals surface area contributed by atoms with Crippen molar-refractivity contribution in [3.8, 4) is 11.5 Å². The molecular weight excluding hydrogens is 304 g/mol. The molecule has 0 atom stereocenters. The number of thioether (sulfide) groups is 1. The molecule has 1 aromatic carbocycles. The van der Waals surface area contributed by atoms with Crippen LogP contribution in [0.2, 0.25) is 0 Å². The first-order chi connectivity index (χ1) is 10.2. The van der Waals surface area contributed by atoms with E-state index in [1.165, 1.54) is 23.1 Å². The fourth-order valence-electron chi connectivity index (χ4n) is 1.83. The standard InChI is InChI=1S/C15H12N2O2S2/c1-10-5-2-3-6-11(10)14-16-17-15(19-14)21-9-12(18)13-7-4-8-20-13/h2-8H,9H2,1H3. The van der Waals surface area contributed by atoms with Gasteiger partial charge in [-0.05, 0) is 30.0 Å². The van der Waals surface area contributed by atoms with Crippen molar-refractivity contribution >= 4 is 28.9 Å². The van der Waals surface area contributed by atoms with Crippen LogP contribution in [-0.4, -0.2) is 21.7 Å². The summed E-state index contributed by atoms with van der Waals surface area (Å²) in [6, 6.07) is 11.5. The van der Waals surface area contributed by atoms with Crippen molar-refractivity contribution in [3.05, 3.63) is 52.2 Å². The second kappa shape index (κ2) is 6.24. The summed E-state index contributed by atoms with van der Waals surface area (Å²) in [6.07, 6.45) is 0. The number of benzene rings is 1. The molecule has 106 valence electrons. The molecule has 0 unspecified atom stereocenters. The summed E-state index contributed by atoms with van der Waals surface area (Å²) in [6.45, 7) is 1.99. The van der Waals surface area contributed by atoms with Crippen LogP contribution in [0.15, 0.2) is 51.4 Å². The minimum atomic E-state index is 0.0747. The summed E-state index contributed by atoms with van der Waals surface area (Å²) in [5.41, 5.74) is 1.99. The van der Waals surface area contributed by atoms with E-state index < -0.39 is 0 Å². The molecule has 6 heteroatoms. The smallest absolute Gasteiger partial charge is 0.277 e. The number of rotatable bonds is 5. The van der Waals surface area contributed by atoms with Gasteiger partial charge in [-0.1, -0.05) is 36.0 Å². The largest absolute Gasteiger partial charge is 0.411 e. The lowest BCUT2D eigenvalue weighted by atomic mass is 10.1. The Hall–Kier alpha value is -1.92. The first-order valence-electron chi connectivity index (χ1n) is 6.33. The van der Waals surface area contributed by atoms with Crippen LogP contribution in [0.4, 0.5) is 0 Å². The van der Waals surface area contributed by atoms with E-state index in [4.69, 9.17) is 4.42 Å². The van der Waals surface area contributed by atoms with Crippen molar-refractivity contribution < 1.29 is 9.21 Å². The molecule has 4 nitrogen and oxygen atoms in total. The fraction of sp³-hybridized carbons (Fsp3) is 0.133. The molecule has 3 aromatic rings. The number of thiophene rings is 1. The monoisotopic (exact) mass is 316 g/mol. The van der Waals surface area contributed by atoms with Crippen LogP contribution >= 0.6 is 23.1 Å². The average molecular weight is 316 g/mol. The van der Waals surface area contributed by atoms with Gasteiger partial charge in [0.2, 0.25) is 5.89 Å². The summed E-state index contributed by atoms with van der Waals surface area (Å²) in [4.78, 5) is 12.7. The quantitative estimate of drug-likeness (QED) is 0.524. The molecule has 0 radical (unpaired) electrons. The van der Waals surface area contributed by atoms with Crippen LogP contribution in [0.3, 0.4) is 0 Å². The minimum Gasteiger partial charge on any atom is -0.411 e. The van der Waals surface area contributed by atoms with Gasteiger partial charge in [-0.15, -0.1) is 21.5 Å². The summed E-state index contributed by atoms with van der Waals surface area (Å²) in [5, 5.41) is 10.3. The van der Waals surface area contributed by atoms with E-state index in [1.54, 1.807) is 0 Å². The highest BCUT2D eigenvalue weighted by molar-refractivity contribution is 7.99. The highest BCUT2D eigenvalue weighted by atomic mass is 32.2. The molecule has 0 spiro atoms. The predicted octanol–water partition coefficient (Wildman–Crippen LogP) is 4.08. The molecule has 0 aliphatic rings. The van der Waals surface area contributed by atoms with Crippen molar-refractivity contribution in [2.24, 2.45) is 0 Å². The molecule has 2 aromatic heterocycles. The molecule has 2 heterocycles. The van der Waals surface area contributed by atoms with Crippen molar-refractivity contribution in [1.82, 2.24) is 10.2 Å². The van der Waals surface area contributed by atoms with Crippen LogP contribution < -0.4 is 0 Å². The van der Waals surface area contributed by atoms with Gasteiger partial charge in [-0.3, -0.25) is 4.79 Å². The third-order valence-corrected chi connectivity index (χ3v) is 4.63. The van der Waals surface area contributed by atoms with E-state index in [0.29, 0.717) is 16.9 Å². The molecule has 21 heavy (non-hydrogen) atoms. The zero-order valence-corrected chi connectivity index (χ0v) is 12.9. The molecule has 0 fully saturated rings. The lowest BCUT2D eigenvalue weighted by Crippen LogP contribution is -1.98. The summed E-state index contributed by atoms with van der Waals surface area (Å²) >= 11 is 2.71. The maximum absolute atomic E-state index is 11.9. The number of nitrogens with zero attached hydrogens (tertiary/aromatic N) is 2. The summed E-state index contributed by atoms with van der Waals surface area (Å²) in [5.74, 6) is 0.862. The van der Waals surface area contributed by atoms with Crippen LogP contribution in [-0.2, 0) is 0 Å².